The van der Waals surface area contributed by atoms with Crippen molar-refractivity contribution in [3.63, 3.8) is 0 Å². The lowest BCUT2D eigenvalue weighted by atomic mass is 10.1. The number of benzene rings is 1. The second-order valence-electron chi connectivity index (χ2n) is 6.29. The lowest BCUT2D eigenvalue weighted by Crippen LogP contribution is -2.44. The van der Waals surface area contributed by atoms with Crippen LogP contribution in [0, 0.1) is 10.1 Å². The van der Waals surface area contributed by atoms with E-state index in [2.05, 4.69) is 41.4 Å². The standard InChI is InChI=1S/C16H16BrN7O3/c1-22-4-6-23(7-5-22)12-8-11(19-13-3-2-10(17)9-18-13)14-15(21-27-20-14)16(12)24(25)26/h2-3,8-9H,4-7H2,1H3,(H,18,19). The molecule has 27 heavy (non-hydrogen) atoms. The quantitative estimate of drug-likeness (QED) is 0.489. The molecule has 1 fully saturated rings. The van der Waals surface area contributed by atoms with E-state index in [9.17, 15) is 10.1 Å². The highest BCUT2D eigenvalue weighted by molar-refractivity contribution is 9.10. The van der Waals surface area contributed by atoms with Crippen LogP contribution in [0.15, 0.2) is 33.5 Å². The molecule has 0 unspecified atom stereocenters. The molecule has 0 radical (unpaired) electrons. The Morgan fingerprint density at radius 3 is 2.63 bits per heavy atom. The van der Waals surface area contributed by atoms with Crippen molar-refractivity contribution in [2.24, 2.45) is 0 Å². The molecule has 1 aromatic carbocycles. The number of pyridine rings is 1. The number of likely N-dealkylation sites (N-methyl/N-ethyl adjacent to an activating group) is 1. The van der Waals surface area contributed by atoms with Gasteiger partial charge in [-0.15, -0.1) is 0 Å². The Kier molecular flexibility index (Phi) is 4.62. The molecule has 0 saturated carbocycles. The van der Waals surface area contributed by atoms with Gasteiger partial charge in [0.1, 0.15) is 11.5 Å². The minimum absolute atomic E-state index is 0.0925. The number of nitrogens with one attached hydrogen (secondary N) is 1. The highest BCUT2D eigenvalue weighted by atomic mass is 79.9. The summed E-state index contributed by atoms with van der Waals surface area (Å²) < 4.78 is 5.66. The first-order valence-electron chi connectivity index (χ1n) is 8.28. The summed E-state index contributed by atoms with van der Waals surface area (Å²) in [5, 5.41) is 22.6. The van der Waals surface area contributed by atoms with E-state index in [4.69, 9.17) is 4.63 Å². The predicted octanol–water partition coefficient (Wildman–Crippen LogP) is 2.78. The zero-order valence-electron chi connectivity index (χ0n) is 14.4. The van der Waals surface area contributed by atoms with E-state index in [-0.39, 0.29) is 11.2 Å². The summed E-state index contributed by atoms with van der Waals surface area (Å²) in [4.78, 5) is 19.8. The average Bonchev–Trinajstić information content (AvgIpc) is 3.13. The van der Waals surface area contributed by atoms with Gasteiger partial charge in [-0.2, -0.15) is 0 Å². The fraction of sp³-hybridized carbons (Fsp3) is 0.312. The van der Waals surface area contributed by atoms with Crippen molar-refractivity contribution in [3.05, 3.63) is 39.0 Å². The molecule has 0 bridgehead atoms. The summed E-state index contributed by atoms with van der Waals surface area (Å²) in [6, 6.07) is 5.36. The van der Waals surface area contributed by atoms with Gasteiger partial charge in [0.15, 0.2) is 5.52 Å². The van der Waals surface area contributed by atoms with Crippen molar-refractivity contribution in [2.45, 2.75) is 0 Å². The van der Waals surface area contributed by atoms with Gasteiger partial charge in [-0.1, -0.05) is 0 Å². The highest BCUT2D eigenvalue weighted by Gasteiger charge is 2.30. The third kappa shape index (κ3) is 3.43. The molecule has 1 saturated heterocycles. The van der Waals surface area contributed by atoms with E-state index in [1.807, 2.05) is 18.0 Å². The van der Waals surface area contributed by atoms with Gasteiger partial charge in [0.25, 0.3) is 0 Å². The summed E-state index contributed by atoms with van der Waals surface area (Å²) in [7, 11) is 2.03. The van der Waals surface area contributed by atoms with Crippen LogP contribution in [0.3, 0.4) is 0 Å². The van der Waals surface area contributed by atoms with Crippen LogP contribution in [0.2, 0.25) is 0 Å². The fourth-order valence-corrected chi connectivity index (χ4v) is 3.30. The number of nitro groups is 1. The maximum absolute atomic E-state index is 11.8. The van der Waals surface area contributed by atoms with E-state index in [0.29, 0.717) is 35.8 Å². The van der Waals surface area contributed by atoms with E-state index in [0.717, 1.165) is 17.6 Å². The Morgan fingerprint density at radius 2 is 1.96 bits per heavy atom. The Bertz CT molecular complexity index is 984. The minimum atomic E-state index is -0.429. The first-order valence-corrected chi connectivity index (χ1v) is 9.08. The number of aromatic nitrogens is 3. The van der Waals surface area contributed by atoms with E-state index in [1.165, 1.54) is 0 Å². The molecular formula is C16H16BrN7O3. The number of fused-ring (bicyclic) bond motifs is 1. The first-order chi connectivity index (χ1) is 13.0. The van der Waals surface area contributed by atoms with Crippen LogP contribution in [0.25, 0.3) is 11.0 Å². The third-order valence-electron chi connectivity index (χ3n) is 4.51. The number of hydrogen-bond acceptors (Lipinski definition) is 9. The second-order valence-corrected chi connectivity index (χ2v) is 7.20. The number of nitro benzene ring substituents is 1. The molecule has 4 rings (SSSR count). The molecule has 2 aromatic heterocycles. The largest absolute Gasteiger partial charge is 0.363 e. The molecule has 0 aliphatic carbocycles. The number of halogens is 1. The van der Waals surface area contributed by atoms with Gasteiger partial charge in [0, 0.05) is 36.8 Å². The molecule has 140 valence electrons. The van der Waals surface area contributed by atoms with Crippen molar-refractivity contribution in [2.75, 3.05) is 43.4 Å². The van der Waals surface area contributed by atoms with Crippen molar-refractivity contribution in [1.29, 1.82) is 0 Å². The number of anilines is 3. The Balaban J connectivity index is 1.81. The number of piperazine rings is 1. The zero-order valence-corrected chi connectivity index (χ0v) is 16.0. The van der Waals surface area contributed by atoms with Crippen LogP contribution >= 0.6 is 15.9 Å². The Hall–Kier alpha value is -2.79. The van der Waals surface area contributed by atoms with E-state index in [1.54, 1.807) is 18.3 Å². The molecule has 11 heteroatoms. The number of rotatable bonds is 4. The van der Waals surface area contributed by atoms with Crippen molar-refractivity contribution in [1.82, 2.24) is 20.2 Å². The normalized spacial score (nSPS) is 15.3. The first kappa shape index (κ1) is 17.6. The fourth-order valence-electron chi connectivity index (χ4n) is 3.07. The zero-order chi connectivity index (χ0) is 19.0. The number of nitrogens with zero attached hydrogens (tertiary/aromatic N) is 6. The Labute approximate surface area is 162 Å². The molecule has 0 spiro atoms. The van der Waals surface area contributed by atoms with Gasteiger partial charge in [-0.25, -0.2) is 9.61 Å². The monoisotopic (exact) mass is 433 g/mol. The topological polar surface area (TPSA) is 113 Å². The average molecular weight is 434 g/mol. The predicted molar refractivity (Wildman–Crippen MR) is 103 cm³/mol. The minimum Gasteiger partial charge on any atom is -0.363 e. The second kappa shape index (κ2) is 7.08. The van der Waals surface area contributed by atoms with Crippen LogP contribution in [0.4, 0.5) is 22.9 Å². The van der Waals surface area contributed by atoms with Crippen molar-refractivity contribution in [3.8, 4) is 0 Å². The Morgan fingerprint density at radius 1 is 1.22 bits per heavy atom. The molecule has 0 amide bonds. The summed E-state index contributed by atoms with van der Waals surface area (Å²) in [6.45, 7) is 3.01. The maximum atomic E-state index is 11.8. The van der Waals surface area contributed by atoms with E-state index < -0.39 is 4.92 Å². The van der Waals surface area contributed by atoms with Gasteiger partial charge in [0.2, 0.25) is 5.52 Å². The van der Waals surface area contributed by atoms with E-state index >= 15 is 0 Å². The molecule has 3 heterocycles. The van der Waals surface area contributed by atoms with Crippen LogP contribution in [0.5, 0.6) is 0 Å². The lowest BCUT2D eigenvalue weighted by molar-refractivity contribution is -0.382. The molecule has 0 atom stereocenters. The van der Waals surface area contributed by atoms with Crippen LogP contribution < -0.4 is 10.2 Å². The van der Waals surface area contributed by atoms with Crippen molar-refractivity contribution < 1.29 is 9.55 Å². The van der Waals surface area contributed by atoms with Gasteiger partial charge in [-0.3, -0.25) is 10.1 Å². The SMILES string of the molecule is CN1CCN(c2cc(Nc3ccc(Br)cn3)c3nonc3c2[N+](=O)[O-])CC1. The third-order valence-corrected chi connectivity index (χ3v) is 4.98. The summed E-state index contributed by atoms with van der Waals surface area (Å²) >= 11 is 3.35. The molecule has 1 aliphatic heterocycles. The van der Waals surface area contributed by atoms with Gasteiger partial charge in [0.05, 0.1) is 10.6 Å². The molecule has 10 nitrogen and oxygen atoms in total. The molecule has 1 aliphatic rings. The lowest BCUT2D eigenvalue weighted by Gasteiger charge is -2.33. The van der Waals surface area contributed by atoms with Crippen LogP contribution in [-0.2, 0) is 0 Å². The summed E-state index contributed by atoms with van der Waals surface area (Å²) in [6.07, 6.45) is 1.66. The van der Waals surface area contributed by atoms with Crippen molar-refractivity contribution >= 4 is 49.8 Å². The van der Waals surface area contributed by atoms with Gasteiger partial charge < -0.3 is 15.1 Å². The smallest absolute Gasteiger partial charge is 0.323 e. The molecule has 1 N–H and O–H groups in total. The van der Waals surface area contributed by atoms with Gasteiger partial charge in [-0.05, 0) is 51.5 Å². The highest BCUT2D eigenvalue weighted by Crippen LogP contribution is 2.40. The van der Waals surface area contributed by atoms with Gasteiger partial charge >= 0.3 is 5.69 Å². The molecular weight excluding hydrogens is 418 g/mol. The summed E-state index contributed by atoms with van der Waals surface area (Å²) in [5.74, 6) is 0.584. The summed E-state index contributed by atoms with van der Waals surface area (Å²) in [5.41, 5.74) is 1.38. The number of hydrogen-bond donors (Lipinski definition) is 1. The molecule has 3 aromatic rings. The maximum Gasteiger partial charge on any atom is 0.323 e. The van der Waals surface area contributed by atoms with Crippen LogP contribution in [0.1, 0.15) is 0 Å². The van der Waals surface area contributed by atoms with Crippen LogP contribution in [-0.4, -0.2) is 58.3 Å².